The minimum Gasteiger partial charge on any atom is -0.378 e. The van der Waals surface area contributed by atoms with Crippen LogP contribution in [0, 0.1) is 0 Å². The molecule has 0 saturated heterocycles. The van der Waals surface area contributed by atoms with Gasteiger partial charge in [-0.3, -0.25) is 0 Å². The SMILES string of the molecule is CCC(CC)n1nnc(CCN)c1COC. The van der Waals surface area contributed by atoms with Crippen molar-refractivity contribution in [1.82, 2.24) is 15.0 Å². The second-order valence-electron chi connectivity index (χ2n) is 3.87. The Morgan fingerprint density at radius 1 is 1.38 bits per heavy atom. The molecule has 0 bridgehead atoms. The molecule has 0 aromatic carbocycles. The van der Waals surface area contributed by atoms with Gasteiger partial charge in [-0.25, -0.2) is 4.68 Å². The van der Waals surface area contributed by atoms with Gasteiger partial charge in [-0.15, -0.1) is 5.10 Å². The van der Waals surface area contributed by atoms with Crippen LogP contribution in [0.25, 0.3) is 0 Å². The highest BCUT2D eigenvalue weighted by Crippen LogP contribution is 2.19. The molecule has 16 heavy (non-hydrogen) atoms. The molecule has 1 aromatic rings. The fraction of sp³-hybridized carbons (Fsp3) is 0.818. The molecule has 1 rings (SSSR count). The van der Waals surface area contributed by atoms with Crippen molar-refractivity contribution in [3.05, 3.63) is 11.4 Å². The monoisotopic (exact) mass is 226 g/mol. The number of ether oxygens (including phenoxy) is 1. The summed E-state index contributed by atoms with van der Waals surface area (Å²) < 4.78 is 7.21. The number of hydrogen-bond donors (Lipinski definition) is 1. The second kappa shape index (κ2) is 6.60. The minimum atomic E-state index is 0.407. The van der Waals surface area contributed by atoms with Crippen LogP contribution in [-0.2, 0) is 17.8 Å². The highest BCUT2D eigenvalue weighted by Gasteiger charge is 2.17. The van der Waals surface area contributed by atoms with Crippen molar-refractivity contribution in [2.24, 2.45) is 5.73 Å². The number of nitrogens with two attached hydrogens (primary N) is 1. The number of aromatic nitrogens is 3. The molecule has 5 nitrogen and oxygen atoms in total. The van der Waals surface area contributed by atoms with Crippen LogP contribution in [0.1, 0.15) is 44.1 Å². The van der Waals surface area contributed by atoms with Crippen molar-refractivity contribution in [3.63, 3.8) is 0 Å². The average Bonchev–Trinajstić information content (AvgIpc) is 2.66. The molecule has 0 spiro atoms. The van der Waals surface area contributed by atoms with Crippen LogP contribution in [-0.4, -0.2) is 28.6 Å². The molecule has 0 saturated carbocycles. The third kappa shape index (κ3) is 2.80. The third-order valence-electron chi connectivity index (χ3n) is 2.82. The molecule has 1 heterocycles. The Hall–Kier alpha value is -0.940. The summed E-state index contributed by atoms with van der Waals surface area (Å²) >= 11 is 0. The number of hydrogen-bond acceptors (Lipinski definition) is 4. The zero-order chi connectivity index (χ0) is 12.0. The summed E-state index contributed by atoms with van der Waals surface area (Å²) in [4.78, 5) is 0. The summed E-state index contributed by atoms with van der Waals surface area (Å²) in [5.41, 5.74) is 7.60. The van der Waals surface area contributed by atoms with E-state index in [2.05, 4.69) is 24.2 Å². The molecule has 0 unspecified atom stereocenters. The van der Waals surface area contributed by atoms with Gasteiger partial charge in [-0.1, -0.05) is 19.1 Å². The summed E-state index contributed by atoms with van der Waals surface area (Å²) in [6.45, 7) is 5.47. The third-order valence-corrected chi connectivity index (χ3v) is 2.82. The molecule has 92 valence electrons. The van der Waals surface area contributed by atoms with Gasteiger partial charge >= 0.3 is 0 Å². The standard InChI is InChI=1S/C11H22N4O/c1-4-9(5-2)15-11(8-16-3)10(6-7-12)13-14-15/h9H,4-8,12H2,1-3H3. The van der Waals surface area contributed by atoms with Crippen molar-refractivity contribution in [2.75, 3.05) is 13.7 Å². The van der Waals surface area contributed by atoms with Crippen LogP contribution in [0.5, 0.6) is 0 Å². The Bertz CT molecular complexity index is 307. The van der Waals surface area contributed by atoms with E-state index >= 15 is 0 Å². The van der Waals surface area contributed by atoms with Crippen LogP contribution in [0.15, 0.2) is 0 Å². The Labute approximate surface area is 97.0 Å². The quantitative estimate of drug-likeness (QED) is 0.760. The van der Waals surface area contributed by atoms with E-state index in [4.69, 9.17) is 10.5 Å². The van der Waals surface area contributed by atoms with E-state index in [0.717, 1.165) is 30.7 Å². The van der Waals surface area contributed by atoms with E-state index in [1.165, 1.54) is 0 Å². The van der Waals surface area contributed by atoms with Crippen LogP contribution in [0.3, 0.4) is 0 Å². The smallest absolute Gasteiger partial charge is 0.0900 e. The predicted octanol–water partition coefficient (Wildman–Crippen LogP) is 1.29. The average molecular weight is 226 g/mol. The fourth-order valence-electron chi connectivity index (χ4n) is 1.89. The van der Waals surface area contributed by atoms with E-state index in [0.29, 0.717) is 19.2 Å². The van der Waals surface area contributed by atoms with Crippen molar-refractivity contribution < 1.29 is 4.74 Å². The Balaban J connectivity index is 2.98. The molecule has 0 aliphatic heterocycles. The van der Waals surface area contributed by atoms with E-state index in [1.807, 2.05) is 4.68 Å². The zero-order valence-electron chi connectivity index (χ0n) is 10.4. The minimum absolute atomic E-state index is 0.407. The first-order chi connectivity index (χ1) is 7.78. The van der Waals surface area contributed by atoms with E-state index in [9.17, 15) is 0 Å². The molecule has 2 N–H and O–H groups in total. The van der Waals surface area contributed by atoms with Crippen molar-refractivity contribution in [2.45, 2.75) is 45.8 Å². The highest BCUT2D eigenvalue weighted by molar-refractivity contribution is 5.10. The lowest BCUT2D eigenvalue weighted by Gasteiger charge is -2.15. The maximum atomic E-state index is 5.56. The molecule has 0 aliphatic carbocycles. The maximum absolute atomic E-state index is 5.56. The second-order valence-corrected chi connectivity index (χ2v) is 3.87. The van der Waals surface area contributed by atoms with Gasteiger partial charge in [0.15, 0.2) is 0 Å². The first kappa shape index (κ1) is 13.1. The van der Waals surface area contributed by atoms with Crippen molar-refractivity contribution >= 4 is 0 Å². The summed E-state index contributed by atoms with van der Waals surface area (Å²) in [5, 5.41) is 8.42. The fourth-order valence-corrected chi connectivity index (χ4v) is 1.89. The molecule has 0 radical (unpaired) electrons. The van der Waals surface area contributed by atoms with E-state index in [1.54, 1.807) is 7.11 Å². The zero-order valence-corrected chi connectivity index (χ0v) is 10.4. The van der Waals surface area contributed by atoms with Crippen molar-refractivity contribution in [1.29, 1.82) is 0 Å². The highest BCUT2D eigenvalue weighted by atomic mass is 16.5. The van der Waals surface area contributed by atoms with Gasteiger partial charge in [0.2, 0.25) is 0 Å². The van der Waals surface area contributed by atoms with E-state index in [-0.39, 0.29) is 0 Å². The van der Waals surface area contributed by atoms with Gasteiger partial charge in [0.1, 0.15) is 0 Å². The molecular weight excluding hydrogens is 204 g/mol. The summed E-state index contributed by atoms with van der Waals surface area (Å²) in [7, 11) is 1.69. The van der Waals surface area contributed by atoms with Gasteiger partial charge in [-0.05, 0) is 19.4 Å². The Morgan fingerprint density at radius 3 is 2.56 bits per heavy atom. The van der Waals surface area contributed by atoms with Crippen LogP contribution >= 0.6 is 0 Å². The summed E-state index contributed by atoms with van der Waals surface area (Å²) in [6, 6.07) is 0.407. The van der Waals surface area contributed by atoms with Crippen LogP contribution in [0.2, 0.25) is 0 Å². The molecular formula is C11H22N4O. The summed E-state index contributed by atoms with van der Waals surface area (Å²) in [5.74, 6) is 0. The van der Waals surface area contributed by atoms with Gasteiger partial charge in [0.05, 0.1) is 24.0 Å². The van der Waals surface area contributed by atoms with Crippen LogP contribution in [0.4, 0.5) is 0 Å². The number of methoxy groups -OCH3 is 1. The van der Waals surface area contributed by atoms with Gasteiger partial charge in [-0.2, -0.15) is 0 Å². The molecule has 0 atom stereocenters. The molecule has 0 fully saturated rings. The number of rotatable bonds is 7. The van der Waals surface area contributed by atoms with Crippen molar-refractivity contribution in [3.8, 4) is 0 Å². The van der Waals surface area contributed by atoms with Gasteiger partial charge in [0, 0.05) is 13.5 Å². The Morgan fingerprint density at radius 2 is 2.06 bits per heavy atom. The predicted molar refractivity (Wildman–Crippen MR) is 63.1 cm³/mol. The normalized spacial score (nSPS) is 11.3. The molecule has 0 amide bonds. The maximum Gasteiger partial charge on any atom is 0.0900 e. The lowest BCUT2D eigenvalue weighted by atomic mass is 10.1. The summed E-state index contributed by atoms with van der Waals surface area (Å²) in [6.07, 6.45) is 2.87. The van der Waals surface area contributed by atoms with Gasteiger partial charge < -0.3 is 10.5 Å². The van der Waals surface area contributed by atoms with E-state index < -0.39 is 0 Å². The first-order valence-corrected chi connectivity index (χ1v) is 5.90. The topological polar surface area (TPSA) is 66.0 Å². The van der Waals surface area contributed by atoms with Crippen LogP contribution < -0.4 is 5.73 Å². The van der Waals surface area contributed by atoms with Gasteiger partial charge in [0.25, 0.3) is 0 Å². The largest absolute Gasteiger partial charge is 0.378 e. The first-order valence-electron chi connectivity index (χ1n) is 5.90. The molecule has 0 aliphatic rings. The molecule has 1 aromatic heterocycles. The lowest BCUT2D eigenvalue weighted by molar-refractivity contribution is 0.172. The lowest BCUT2D eigenvalue weighted by Crippen LogP contribution is -2.14. The number of nitrogens with zero attached hydrogens (tertiary/aromatic N) is 3. The Kier molecular flexibility index (Phi) is 5.42. The molecule has 5 heteroatoms.